The van der Waals surface area contributed by atoms with Crippen molar-refractivity contribution in [2.24, 2.45) is 5.92 Å². The van der Waals surface area contributed by atoms with Crippen LogP contribution in [0.2, 0.25) is 0 Å². The topological polar surface area (TPSA) is 74.3 Å². The van der Waals surface area contributed by atoms with Gasteiger partial charge in [-0.15, -0.1) is 11.3 Å². The summed E-state index contributed by atoms with van der Waals surface area (Å²) >= 11 is 1.26. The summed E-state index contributed by atoms with van der Waals surface area (Å²) < 4.78 is 0. The Balaban J connectivity index is 1.90. The summed E-state index contributed by atoms with van der Waals surface area (Å²) in [5, 5.41) is 7.69. The summed E-state index contributed by atoms with van der Waals surface area (Å²) in [5.74, 6) is 0.122. The van der Waals surface area contributed by atoms with E-state index in [-0.39, 0.29) is 11.8 Å². The third-order valence-corrected chi connectivity index (χ3v) is 4.63. The van der Waals surface area contributed by atoms with Crippen LogP contribution in [0.25, 0.3) is 0 Å². The second-order valence-electron chi connectivity index (χ2n) is 5.98. The van der Waals surface area contributed by atoms with Crippen LogP contribution in [-0.2, 0) is 4.79 Å². The third kappa shape index (κ3) is 4.51. The van der Waals surface area contributed by atoms with Crippen molar-refractivity contribution < 1.29 is 9.59 Å². The summed E-state index contributed by atoms with van der Waals surface area (Å²) in [4.78, 5) is 29.8. The monoisotopic (exact) mass is 324 g/mol. The molecule has 0 aromatic carbocycles. The summed E-state index contributed by atoms with van der Waals surface area (Å²) in [6.45, 7) is 8.65. The largest absolute Gasteiger partial charge is 0.349 e. The second-order valence-corrected chi connectivity index (χ2v) is 6.84. The first-order valence-corrected chi connectivity index (χ1v) is 8.60. The van der Waals surface area contributed by atoms with Gasteiger partial charge in [0.05, 0.1) is 0 Å². The zero-order chi connectivity index (χ0) is 16.1. The maximum absolute atomic E-state index is 12.2. The Hall–Kier alpha value is -1.47. The minimum atomic E-state index is -0.185. The lowest BCUT2D eigenvalue weighted by Crippen LogP contribution is -2.45. The molecule has 7 heteroatoms. The Morgan fingerprint density at radius 1 is 1.36 bits per heavy atom. The first-order chi connectivity index (χ1) is 10.5. The van der Waals surface area contributed by atoms with Gasteiger partial charge in [-0.3, -0.25) is 14.5 Å². The molecule has 2 N–H and O–H groups in total. The van der Waals surface area contributed by atoms with Crippen molar-refractivity contribution in [1.82, 2.24) is 15.2 Å². The molecule has 22 heavy (non-hydrogen) atoms. The normalized spacial score (nSPS) is 16.7. The molecule has 2 rings (SSSR count). The van der Waals surface area contributed by atoms with Gasteiger partial charge >= 0.3 is 0 Å². The molecule has 1 aromatic heterocycles. The van der Waals surface area contributed by atoms with E-state index in [1.807, 2.05) is 0 Å². The van der Waals surface area contributed by atoms with Crippen LogP contribution >= 0.6 is 11.3 Å². The molecule has 2 heterocycles. The smallest absolute Gasteiger partial charge is 0.270 e. The van der Waals surface area contributed by atoms with Gasteiger partial charge in [-0.05, 0) is 31.8 Å². The van der Waals surface area contributed by atoms with E-state index in [9.17, 15) is 9.59 Å². The van der Waals surface area contributed by atoms with E-state index >= 15 is 0 Å². The molecule has 0 spiro atoms. The van der Waals surface area contributed by atoms with Crippen molar-refractivity contribution >= 4 is 28.3 Å². The van der Waals surface area contributed by atoms with Gasteiger partial charge in [0.15, 0.2) is 5.13 Å². The molecule has 1 aliphatic rings. The fourth-order valence-corrected chi connectivity index (χ4v) is 3.47. The lowest BCUT2D eigenvalue weighted by molar-refractivity contribution is -0.114. The molecule has 2 amide bonds. The van der Waals surface area contributed by atoms with Gasteiger partial charge in [0, 0.05) is 24.9 Å². The predicted molar refractivity (Wildman–Crippen MR) is 88.2 cm³/mol. The van der Waals surface area contributed by atoms with Crippen molar-refractivity contribution in [2.75, 3.05) is 25.0 Å². The number of anilines is 1. The van der Waals surface area contributed by atoms with Crippen molar-refractivity contribution in [1.29, 1.82) is 0 Å². The molecule has 122 valence electrons. The number of thiazole rings is 1. The van der Waals surface area contributed by atoms with E-state index in [0.717, 1.165) is 13.1 Å². The maximum Gasteiger partial charge on any atom is 0.270 e. The number of nitrogens with one attached hydrogen (secondary N) is 2. The van der Waals surface area contributed by atoms with Gasteiger partial charge in [0.1, 0.15) is 5.69 Å². The second kappa shape index (κ2) is 7.69. The Bertz CT molecular complexity index is 523. The number of hydrogen-bond donors (Lipinski definition) is 2. The highest BCUT2D eigenvalue weighted by molar-refractivity contribution is 7.14. The highest BCUT2D eigenvalue weighted by atomic mass is 32.1. The summed E-state index contributed by atoms with van der Waals surface area (Å²) in [6.07, 6.45) is 2.48. The van der Waals surface area contributed by atoms with Gasteiger partial charge in [0.2, 0.25) is 5.91 Å². The number of amides is 2. The fourth-order valence-electron chi connectivity index (χ4n) is 2.73. The Morgan fingerprint density at radius 3 is 2.64 bits per heavy atom. The van der Waals surface area contributed by atoms with E-state index in [1.54, 1.807) is 5.38 Å². The molecule has 0 radical (unpaired) electrons. The average molecular weight is 324 g/mol. The highest BCUT2D eigenvalue weighted by Gasteiger charge is 2.25. The summed E-state index contributed by atoms with van der Waals surface area (Å²) in [5.41, 5.74) is 0.359. The van der Waals surface area contributed by atoms with E-state index in [0.29, 0.717) is 29.3 Å². The van der Waals surface area contributed by atoms with Gasteiger partial charge in [-0.1, -0.05) is 13.8 Å². The lowest BCUT2D eigenvalue weighted by atomic mass is 10.0. The first-order valence-electron chi connectivity index (χ1n) is 7.72. The number of rotatable bonds is 6. The molecular formula is C15H24N4O2S. The average Bonchev–Trinajstić information content (AvgIpc) is 3.09. The number of aromatic nitrogens is 1. The van der Waals surface area contributed by atoms with Crippen LogP contribution in [0.15, 0.2) is 5.38 Å². The summed E-state index contributed by atoms with van der Waals surface area (Å²) in [6, 6.07) is 0.361. The van der Waals surface area contributed by atoms with Crippen LogP contribution in [0.1, 0.15) is 44.1 Å². The Kier molecular flexibility index (Phi) is 5.90. The first kappa shape index (κ1) is 16.9. The third-order valence-electron chi connectivity index (χ3n) is 3.87. The zero-order valence-corrected chi connectivity index (χ0v) is 14.2. The molecule has 1 aliphatic heterocycles. The maximum atomic E-state index is 12.2. The number of likely N-dealkylation sites (tertiary alicyclic amines) is 1. The zero-order valence-electron chi connectivity index (χ0n) is 13.4. The SMILES string of the molecule is CC(=O)Nc1nc(C(=O)NC[C@H](C(C)C)N2CCCC2)cs1. The number of nitrogens with zero attached hydrogens (tertiary/aromatic N) is 2. The predicted octanol–water partition coefficient (Wildman–Crippen LogP) is 1.95. The molecule has 1 aromatic rings. The van der Waals surface area contributed by atoms with Crippen LogP contribution in [0.3, 0.4) is 0 Å². The molecule has 0 aliphatic carbocycles. The standard InChI is InChI=1S/C15H24N4O2S/c1-10(2)13(19-6-4-5-7-19)8-16-14(21)12-9-22-15(18-12)17-11(3)20/h9-10,13H,4-8H2,1-3H3,(H,16,21)(H,17,18,20)/t13-/m1/s1. The van der Waals surface area contributed by atoms with E-state index in [2.05, 4.69) is 34.4 Å². The highest BCUT2D eigenvalue weighted by Crippen LogP contribution is 2.18. The van der Waals surface area contributed by atoms with Gasteiger partial charge < -0.3 is 10.6 Å². The summed E-state index contributed by atoms with van der Waals surface area (Å²) in [7, 11) is 0. The van der Waals surface area contributed by atoms with E-state index in [1.165, 1.54) is 31.1 Å². The number of carbonyl (C=O) groups is 2. The Morgan fingerprint density at radius 2 is 2.05 bits per heavy atom. The van der Waals surface area contributed by atoms with Gasteiger partial charge in [0.25, 0.3) is 5.91 Å². The fraction of sp³-hybridized carbons (Fsp3) is 0.667. The van der Waals surface area contributed by atoms with Crippen LogP contribution in [0.4, 0.5) is 5.13 Å². The Labute approximate surface area is 135 Å². The van der Waals surface area contributed by atoms with Crippen molar-refractivity contribution in [3.05, 3.63) is 11.1 Å². The lowest BCUT2D eigenvalue weighted by Gasteiger charge is -2.30. The van der Waals surface area contributed by atoms with E-state index < -0.39 is 0 Å². The van der Waals surface area contributed by atoms with E-state index in [4.69, 9.17) is 0 Å². The van der Waals surface area contributed by atoms with Gasteiger partial charge in [-0.25, -0.2) is 4.98 Å². The molecule has 0 unspecified atom stereocenters. The molecular weight excluding hydrogens is 300 g/mol. The minimum absolute atomic E-state index is 0.183. The number of hydrogen-bond acceptors (Lipinski definition) is 5. The van der Waals surface area contributed by atoms with Crippen molar-refractivity contribution in [2.45, 2.75) is 39.7 Å². The quantitative estimate of drug-likeness (QED) is 0.839. The van der Waals surface area contributed by atoms with Crippen LogP contribution in [-0.4, -0.2) is 47.4 Å². The van der Waals surface area contributed by atoms with Crippen LogP contribution in [0.5, 0.6) is 0 Å². The minimum Gasteiger partial charge on any atom is -0.349 e. The molecule has 1 fully saturated rings. The van der Waals surface area contributed by atoms with Gasteiger partial charge in [-0.2, -0.15) is 0 Å². The molecule has 0 bridgehead atoms. The van der Waals surface area contributed by atoms with Crippen molar-refractivity contribution in [3.63, 3.8) is 0 Å². The molecule has 1 atom stereocenters. The molecule has 0 saturated carbocycles. The molecule has 1 saturated heterocycles. The molecule has 6 nitrogen and oxygen atoms in total. The number of carbonyl (C=O) groups excluding carboxylic acids is 2. The van der Waals surface area contributed by atoms with Crippen LogP contribution < -0.4 is 10.6 Å². The van der Waals surface area contributed by atoms with Crippen LogP contribution in [0, 0.1) is 5.92 Å². The van der Waals surface area contributed by atoms with Crippen molar-refractivity contribution in [3.8, 4) is 0 Å².